The lowest BCUT2D eigenvalue weighted by Crippen LogP contribution is -2.34. The fourth-order valence-electron chi connectivity index (χ4n) is 2.10. The lowest BCUT2D eigenvalue weighted by Gasteiger charge is -2.22. The Hall–Kier alpha value is -2.35. The third-order valence-electron chi connectivity index (χ3n) is 3.23. The topological polar surface area (TPSA) is 63.3 Å². The van der Waals surface area contributed by atoms with Gasteiger partial charge in [-0.05, 0) is 43.7 Å². The van der Waals surface area contributed by atoms with Crippen LogP contribution < -0.4 is 11.1 Å². The van der Waals surface area contributed by atoms with E-state index in [1.54, 1.807) is 37.8 Å². The number of halogens is 1. The van der Waals surface area contributed by atoms with Crippen LogP contribution in [0.5, 0.6) is 0 Å². The van der Waals surface area contributed by atoms with Gasteiger partial charge in [0.05, 0.1) is 6.04 Å². The van der Waals surface area contributed by atoms with Gasteiger partial charge in [0.15, 0.2) is 0 Å². The second-order valence-corrected chi connectivity index (χ2v) is 5.48. The molecule has 2 atom stereocenters. The summed E-state index contributed by atoms with van der Waals surface area (Å²) >= 11 is 5.89. The minimum absolute atomic E-state index is 0.213. The molecular formula is C19H23ClN4. The van der Waals surface area contributed by atoms with E-state index in [1.807, 2.05) is 32.1 Å². The molecule has 1 rings (SSSR count). The van der Waals surface area contributed by atoms with Crippen molar-refractivity contribution in [3.05, 3.63) is 64.7 Å². The van der Waals surface area contributed by atoms with Gasteiger partial charge in [-0.2, -0.15) is 0 Å². The molecule has 5 heteroatoms. The zero-order valence-corrected chi connectivity index (χ0v) is 15.0. The predicted molar refractivity (Wildman–Crippen MR) is 103 cm³/mol. The van der Waals surface area contributed by atoms with Gasteiger partial charge in [-0.15, -0.1) is 6.42 Å². The molecule has 0 saturated carbocycles. The molecule has 0 radical (unpaired) electrons. The van der Waals surface area contributed by atoms with Gasteiger partial charge in [-0.1, -0.05) is 41.8 Å². The van der Waals surface area contributed by atoms with Crippen LogP contribution in [0.1, 0.15) is 31.0 Å². The van der Waals surface area contributed by atoms with Crippen molar-refractivity contribution in [3.63, 3.8) is 0 Å². The number of aliphatic imine (C=N–C) groups is 1. The van der Waals surface area contributed by atoms with E-state index >= 15 is 0 Å². The maximum Gasteiger partial charge on any atom is 0.124 e. The molecule has 0 aliphatic carbocycles. The van der Waals surface area contributed by atoms with Crippen molar-refractivity contribution in [2.45, 2.75) is 32.9 Å². The first-order chi connectivity index (χ1) is 11.5. The summed E-state index contributed by atoms with van der Waals surface area (Å²) in [4.78, 5) is 8.38. The fourth-order valence-corrected chi connectivity index (χ4v) is 2.15. The molecule has 0 aliphatic heterocycles. The standard InChI is InChI=1S/C19H23ClN4/c1-5-8-15(10-21)19(16-9-14(4)11-22-12-16)24-17(6-2)13-23-18(20)7-3/h2,5,7-13,17,19,24H,21H2,1,3-4H3/b8-5-,15-10+,18-7-,23-13-. The molecule has 1 aromatic heterocycles. The van der Waals surface area contributed by atoms with E-state index < -0.39 is 6.04 Å². The van der Waals surface area contributed by atoms with Gasteiger partial charge in [-0.3, -0.25) is 10.3 Å². The van der Waals surface area contributed by atoms with Gasteiger partial charge in [0.2, 0.25) is 0 Å². The highest BCUT2D eigenvalue weighted by Gasteiger charge is 2.18. The number of pyridine rings is 1. The Balaban J connectivity index is 3.18. The summed E-state index contributed by atoms with van der Waals surface area (Å²) in [5.41, 5.74) is 8.71. The molecule has 3 N–H and O–H groups in total. The number of terminal acetylenes is 1. The molecule has 0 amide bonds. The maximum absolute atomic E-state index is 5.89. The van der Waals surface area contributed by atoms with Crippen molar-refractivity contribution < 1.29 is 0 Å². The molecule has 0 spiro atoms. The largest absolute Gasteiger partial charge is 0.404 e. The summed E-state index contributed by atoms with van der Waals surface area (Å²) in [7, 11) is 0. The normalized spacial score (nSPS) is 15.6. The summed E-state index contributed by atoms with van der Waals surface area (Å²) in [6, 6.07) is 1.42. The molecule has 2 unspecified atom stereocenters. The Labute approximate surface area is 149 Å². The Kier molecular flexibility index (Phi) is 8.56. The monoisotopic (exact) mass is 342 g/mol. The smallest absolute Gasteiger partial charge is 0.124 e. The van der Waals surface area contributed by atoms with Crippen molar-refractivity contribution in [3.8, 4) is 12.3 Å². The van der Waals surface area contributed by atoms with Crippen LogP contribution in [-0.4, -0.2) is 17.2 Å². The molecule has 0 aliphatic rings. The number of rotatable bonds is 7. The quantitative estimate of drug-likeness (QED) is 0.344. The van der Waals surface area contributed by atoms with Gasteiger partial charge in [0.25, 0.3) is 0 Å². The van der Waals surface area contributed by atoms with E-state index in [0.717, 1.165) is 16.7 Å². The minimum Gasteiger partial charge on any atom is -0.404 e. The van der Waals surface area contributed by atoms with Crippen LogP contribution in [0, 0.1) is 19.3 Å². The Bertz CT molecular complexity index is 696. The molecule has 4 nitrogen and oxygen atoms in total. The lowest BCUT2D eigenvalue weighted by molar-refractivity contribution is 0.618. The molecule has 0 aromatic carbocycles. The summed E-state index contributed by atoms with van der Waals surface area (Å²) in [6.45, 7) is 5.72. The number of nitrogens with one attached hydrogen (secondary N) is 1. The van der Waals surface area contributed by atoms with Crippen LogP contribution in [0.2, 0.25) is 0 Å². The number of aryl methyl sites for hydroxylation is 1. The van der Waals surface area contributed by atoms with Crippen LogP contribution in [0.25, 0.3) is 0 Å². The van der Waals surface area contributed by atoms with Crippen LogP contribution in [0.3, 0.4) is 0 Å². The SMILES string of the molecule is C#CC(/C=N\C(Cl)=C/C)NC(C(/C=C\C)=C/N)c1cncc(C)c1. The van der Waals surface area contributed by atoms with Crippen molar-refractivity contribution in [1.29, 1.82) is 0 Å². The predicted octanol–water partition coefficient (Wildman–Crippen LogP) is 3.61. The van der Waals surface area contributed by atoms with Gasteiger partial charge >= 0.3 is 0 Å². The van der Waals surface area contributed by atoms with Crippen LogP contribution in [0.15, 0.2) is 58.6 Å². The third kappa shape index (κ3) is 6.04. The number of aromatic nitrogens is 1. The van der Waals surface area contributed by atoms with E-state index in [-0.39, 0.29) is 6.04 Å². The average Bonchev–Trinajstić information content (AvgIpc) is 2.60. The third-order valence-corrected chi connectivity index (χ3v) is 3.54. The Morgan fingerprint density at radius 1 is 1.46 bits per heavy atom. The van der Waals surface area contributed by atoms with Gasteiger partial charge in [0, 0.05) is 18.6 Å². The Morgan fingerprint density at radius 3 is 2.75 bits per heavy atom. The molecule has 1 aromatic rings. The average molecular weight is 343 g/mol. The molecule has 126 valence electrons. The zero-order valence-electron chi connectivity index (χ0n) is 14.2. The number of hydrogen-bond donors (Lipinski definition) is 2. The molecular weight excluding hydrogens is 320 g/mol. The summed E-state index contributed by atoms with van der Waals surface area (Å²) in [6.07, 6.45) is 17.9. The highest BCUT2D eigenvalue weighted by molar-refractivity contribution is 6.29. The number of nitrogens with zero attached hydrogens (tertiary/aromatic N) is 2. The van der Waals surface area contributed by atoms with Crippen molar-refractivity contribution >= 4 is 17.8 Å². The molecule has 0 bridgehead atoms. The first-order valence-corrected chi connectivity index (χ1v) is 7.97. The van der Waals surface area contributed by atoms with E-state index in [1.165, 1.54) is 0 Å². The summed E-state index contributed by atoms with van der Waals surface area (Å²) < 4.78 is 0. The highest BCUT2D eigenvalue weighted by atomic mass is 35.5. The first kappa shape index (κ1) is 19.7. The van der Waals surface area contributed by atoms with Crippen LogP contribution >= 0.6 is 11.6 Å². The maximum atomic E-state index is 5.89. The Morgan fingerprint density at radius 2 is 2.21 bits per heavy atom. The molecule has 1 heterocycles. The summed E-state index contributed by atoms with van der Waals surface area (Å²) in [5.74, 6) is 2.66. The van der Waals surface area contributed by atoms with Gasteiger partial charge in [-0.25, -0.2) is 4.99 Å². The molecule has 24 heavy (non-hydrogen) atoms. The number of allylic oxidation sites excluding steroid dienone is 2. The van der Waals surface area contributed by atoms with Gasteiger partial charge in [0.1, 0.15) is 11.2 Å². The second kappa shape index (κ2) is 10.4. The number of hydrogen-bond acceptors (Lipinski definition) is 4. The molecule has 0 fully saturated rings. The zero-order chi connectivity index (χ0) is 17.9. The fraction of sp³-hybridized carbons (Fsp3) is 0.263. The summed E-state index contributed by atoms with van der Waals surface area (Å²) in [5, 5.41) is 3.73. The second-order valence-electron chi connectivity index (χ2n) is 5.10. The van der Waals surface area contributed by atoms with Crippen LogP contribution in [-0.2, 0) is 0 Å². The van der Waals surface area contributed by atoms with Crippen molar-refractivity contribution in [1.82, 2.24) is 10.3 Å². The highest BCUT2D eigenvalue weighted by Crippen LogP contribution is 2.23. The first-order valence-electron chi connectivity index (χ1n) is 7.59. The van der Waals surface area contributed by atoms with Crippen molar-refractivity contribution in [2.24, 2.45) is 10.7 Å². The van der Waals surface area contributed by atoms with E-state index in [4.69, 9.17) is 23.8 Å². The minimum atomic E-state index is -0.413. The van der Waals surface area contributed by atoms with E-state index in [2.05, 4.69) is 21.2 Å². The van der Waals surface area contributed by atoms with Gasteiger partial charge < -0.3 is 5.73 Å². The van der Waals surface area contributed by atoms with Crippen molar-refractivity contribution in [2.75, 3.05) is 0 Å². The lowest BCUT2D eigenvalue weighted by atomic mass is 9.98. The van der Waals surface area contributed by atoms with E-state index in [9.17, 15) is 0 Å². The molecule has 0 saturated heterocycles. The van der Waals surface area contributed by atoms with E-state index in [0.29, 0.717) is 5.16 Å². The number of nitrogens with two attached hydrogens (primary N) is 1. The van der Waals surface area contributed by atoms with Crippen LogP contribution in [0.4, 0.5) is 0 Å².